The number of para-hydroxylation sites is 2. The molecule has 3 aromatic rings. The summed E-state index contributed by atoms with van der Waals surface area (Å²) in [4.78, 5) is 7.42. The first kappa shape index (κ1) is 13.8. The van der Waals surface area contributed by atoms with Crippen LogP contribution in [0.2, 0.25) is 0 Å². The van der Waals surface area contributed by atoms with Gasteiger partial charge in [0.25, 0.3) is 0 Å². The highest BCUT2D eigenvalue weighted by Gasteiger charge is 2.30. The zero-order chi connectivity index (χ0) is 15.9. The first-order valence-electron chi connectivity index (χ1n) is 8.81. The zero-order valence-electron chi connectivity index (χ0n) is 13.7. The number of pyridine rings is 1. The van der Waals surface area contributed by atoms with Gasteiger partial charge in [0.1, 0.15) is 0 Å². The number of hydrogen-bond donors (Lipinski definition) is 0. The van der Waals surface area contributed by atoms with Gasteiger partial charge in [-0.3, -0.25) is 0 Å². The number of anilines is 1. The normalized spacial score (nSPS) is 17.3. The smallest absolute Gasteiger partial charge is 0.0709 e. The minimum absolute atomic E-state index is 0.687. The lowest BCUT2D eigenvalue weighted by molar-refractivity contribution is 0.360. The summed E-state index contributed by atoms with van der Waals surface area (Å²) in [6.45, 7) is 0.916. The van der Waals surface area contributed by atoms with Gasteiger partial charge in [-0.05, 0) is 54.7 Å². The van der Waals surface area contributed by atoms with Crippen LogP contribution in [0.5, 0.6) is 0 Å². The molecule has 1 fully saturated rings. The van der Waals surface area contributed by atoms with Gasteiger partial charge in [0, 0.05) is 23.3 Å². The van der Waals surface area contributed by atoms with Crippen LogP contribution >= 0.6 is 0 Å². The molecule has 2 heterocycles. The molecule has 0 unspecified atom stereocenters. The van der Waals surface area contributed by atoms with Crippen LogP contribution < -0.4 is 4.90 Å². The summed E-state index contributed by atoms with van der Waals surface area (Å²) in [5, 5.41) is 1.23. The van der Waals surface area contributed by atoms with Gasteiger partial charge in [-0.1, -0.05) is 42.8 Å². The maximum Gasteiger partial charge on any atom is 0.0709 e. The predicted octanol–water partition coefficient (Wildman–Crippen LogP) is 5.40. The highest BCUT2D eigenvalue weighted by molar-refractivity contribution is 5.82. The van der Waals surface area contributed by atoms with E-state index in [0.717, 1.165) is 17.8 Å². The number of hydrogen-bond acceptors (Lipinski definition) is 2. The van der Waals surface area contributed by atoms with E-state index in [1.54, 1.807) is 0 Å². The summed E-state index contributed by atoms with van der Waals surface area (Å²) in [6, 6.07) is 21.5. The summed E-state index contributed by atoms with van der Waals surface area (Å²) in [6.07, 6.45) is 6.29. The SMILES string of the molecule is C1=C(C2CCC2)N(c2ccccc2)Cc2cc3ccccc3nc21. The fraction of sp³-hybridized carbons (Fsp3) is 0.227. The second-order valence-corrected chi connectivity index (χ2v) is 6.84. The molecule has 1 saturated carbocycles. The minimum atomic E-state index is 0.687. The van der Waals surface area contributed by atoms with Crippen molar-refractivity contribution in [2.45, 2.75) is 25.8 Å². The van der Waals surface area contributed by atoms with E-state index in [1.165, 1.54) is 41.6 Å². The predicted molar refractivity (Wildman–Crippen MR) is 99.7 cm³/mol. The molecule has 24 heavy (non-hydrogen) atoms. The first-order chi connectivity index (χ1) is 11.9. The second-order valence-electron chi connectivity index (χ2n) is 6.84. The number of fused-ring (bicyclic) bond motifs is 2. The van der Waals surface area contributed by atoms with Gasteiger partial charge in [0.2, 0.25) is 0 Å². The van der Waals surface area contributed by atoms with Crippen LogP contribution in [0.25, 0.3) is 17.0 Å². The second kappa shape index (κ2) is 5.48. The standard InChI is InChI=1S/C22H20N2/c1-2-10-19(11-3-1)24-15-18-13-17-7-4-5-12-20(17)23-21(18)14-22(24)16-8-6-9-16/h1-5,7,10-14,16H,6,8-9,15H2. The van der Waals surface area contributed by atoms with Gasteiger partial charge in [-0.25, -0.2) is 4.98 Å². The number of benzene rings is 2. The summed E-state index contributed by atoms with van der Waals surface area (Å²) in [5.74, 6) is 0.687. The molecule has 0 atom stereocenters. The molecule has 5 rings (SSSR count). The molecule has 0 bridgehead atoms. The van der Waals surface area contributed by atoms with Gasteiger partial charge in [-0.2, -0.15) is 0 Å². The van der Waals surface area contributed by atoms with Crippen molar-refractivity contribution >= 4 is 22.7 Å². The van der Waals surface area contributed by atoms with E-state index >= 15 is 0 Å². The Kier molecular flexibility index (Phi) is 3.15. The number of nitrogens with zero attached hydrogens (tertiary/aromatic N) is 2. The van der Waals surface area contributed by atoms with Gasteiger partial charge in [-0.15, -0.1) is 0 Å². The lowest BCUT2D eigenvalue weighted by atomic mass is 9.80. The highest BCUT2D eigenvalue weighted by Crippen LogP contribution is 2.41. The largest absolute Gasteiger partial charge is 0.340 e. The summed E-state index contributed by atoms with van der Waals surface area (Å²) in [5.41, 5.74) is 6.30. The van der Waals surface area contributed by atoms with Crippen molar-refractivity contribution in [1.29, 1.82) is 0 Å². The van der Waals surface area contributed by atoms with Crippen molar-refractivity contribution in [2.24, 2.45) is 5.92 Å². The van der Waals surface area contributed by atoms with Crippen LogP contribution in [-0.2, 0) is 6.54 Å². The van der Waals surface area contributed by atoms with E-state index in [4.69, 9.17) is 4.98 Å². The molecule has 0 amide bonds. The topological polar surface area (TPSA) is 16.1 Å². The average molecular weight is 312 g/mol. The van der Waals surface area contributed by atoms with E-state index in [9.17, 15) is 0 Å². The maximum atomic E-state index is 4.93. The molecule has 1 aliphatic heterocycles. The van der Waals surface area contributed by atoms with E-state index < -0.39 is 0 Å². The summed E-state index contributed by atoms with van der Waals surface area (Å²) >= 11 is 0. The Bertz CT molecular complexity index is 923. The van der Waals surface area contributed by atoms with E-state index in [1.807, 2.05) is 0 Å². The third kappa shape index (κ3) is 2.22. The molecule has 0 saturated heterocycles. The maximum absolute atomic E-state index is 4.93. The van der Waals surface area contributed by atoms with Gasteiger partial charge in [0.15, 0.2) is 0 Å². The quantitative estimate of drug-likeness (QED) is 0.630. The molecule has 0 spiro atoms. The summed E-state index contributed by atoms with van der Waals surface area (Å²) in [7, 11) is 0. The lowest BCUT2D eigenvalue weighted by Crippen LogP contribution is -2.32. The third-order valence-corrected chi connectivity index (χ3v) is 5.35. The molecular weight excluding hydrogens is 292 g/mol. The minimum Gasteiger partial charge on any atom is -0.340 e. The molecule has 0 N–H and O–H groups in total. The van der Waals surface area contributed by atoms with Crippen LogP contribution in [0, 0.1) is 5.92 Å². The molecule has 1 aliphatic carbocycles. The molecule has 2 heteroatoms. The third-order valence-electron chi connectivity index (χ3n) is 5.35. The number of allylic oxidation sites excluding steroid dienone is 1. The Balaban J connectivity index is 1.66. The monoisotopic (exact) mass is 312 g/mol. The van der Waals surface area contributed by atoms with Crippen LogP contribution in [0.1, 0.15) is 30.5 Å². The van der Waals surface area contributed by atoms with Crippen molar-refractivity contribution in [3.63, 3.8) is 0 Å². The number of rotatable bonds is 2. The zero-order valence-corrected chi connectivity index (χ0v) is 13.7. The fourth-order valence-electron chi connectivity index (χ4n) is 3.80. The molecule has 1 aromatic heterocycles. The van der Waals surface area contributed by atoms with Crippen molar-refractivity contribution in [1.82, 2.24) is 4.98 Å². The van der Waals surface area contributed by atoms with Gasteiger partial charge < -0.3 is 4.90 Å². The Morgan fingerprint density at radius 3 is 2.50 bits per heavy atom. The number of aromatic nitrogens is 1. The van der Waals surface area contributed by atoms with E-state index in [-0.39, 0.29) is 0 Å². The average Bonchev–Trinajstić information content (AvgIpc) is 2.59. The molecule has 2 nitrogen and oxygen atoms in total. The summed E-state index contributed by atoms with van der Waals surface area (Å²) < 4.78 is 0. The van der Waals surface area contributed by atoms with Crippen molar-refractivity contribution in [3.8, 4) is 0 Å². The first-order valence-corrected chi connectivity index (χ1v) is 8.81. The highest BCUT2D eigenvalue weighted by atomic mass is 15.2. The van der Waals surface area contributed by atoms with Gasteiger partial charge >= 0.3 is 0 Å². The van der Waals surface area contributed by atoms with Crippen LogP contribution in [-0.4, -0.2) is 4.98 Å². The van der Waals surface area contributed by atoms with Crippen LogP contribution in [0.4, 0.5) is 5.69 Å². The van der Waals surface area contributed by atoms with Crippen molar-refractivity contribution in [3.05, 3.63) is 77.6 Å². The molecule has 118 valence electrons. The molecular formula is C22H20N2. The van der Waals surface area contributed by atoms with Crippen molar-refractivity contribution in [2.75, 3.05) is 4.90 Å². The van der Waals surface area contributed by atoms with Crippen LogP contribution in [0.15, 0.2) is 66.4 Å². The fourth-order valence-corrected chi connectivity index (χ4v) is 3.80. The Morgan fingerprint density at radius 1 is 0.917 bits per heavy atom. The Morgan fingerprint density at radius 2 is 1.71 bits per heavy atom. The van der Waals surface area contributed by atoms with Crippen LogP contribution in [0.3, 0.4) is 0 Å². The lowest BCUT2D eigenvalue weighted by Gasteiger charge is -2.39. The van der Waals surface area contributed by atoms with Gasteiger partial charge in [0.05, 0.1) is 11.2 Å². The molecule has 0 radical (unpaired) electrons. The van der Waals surface area contributed by atoms with Crippen molar-refractivity contribution < 1.29 is 0 Å². The Labute approximate surface area is 142 Å². The molecule has 2 aromatic carbocycles. The van der Waals surface area contributed by atoms with E-state index in [2.05, 4.69) is 71.6 Å². The molecule has 2 aliphatic rings. The Hall–Kier alpha value is -2.61. The van der Waals surface area contributed by atoms with E-state index in [0.29, 0.717) is 5.92 Å².